The largest absolute Gasteiger partial charge is 0.489 e. The first-order chi connectivity index (χ1) is 15.8. The van der Waals surface area contributed by atoms with Crippen molar-refractivity contribution in [2.75, 3.05) is 6.54 Å². The third-order valence-electron chi connectivity index (χ3n) is 5.73. The van der Waals surface area contributed by atoms with Crippen molar-refractivity contribution in [2.45, 2.75) is 52.3 Å². The molecule has 0 saturated heterocycles. The second-order valence-electron chi connectivity index (χ2n) is 9.20. The van der Waals surface area contributed by atoms with Crippen LogP contribution in [0, 0.1) is 0 Å². The molecule has 0 saturated carbocycles. The van der Waals surface area contributed by atoms with Crippen molar-refractivity contribution in [2.24, 2.45) is 0 Å². The summed E-state index contributed by atoms with van der Waals surface area (Å²) < 4.78 is 8.15. The van der Waals surface area contributed by atoms with Crippen molar-refractivity contribution >= 4 is 28.0 Å². The molecule has 0 bridgehead atoms. The number of benzene rings is 2. The van der Waals surface area contributed by atoms with Gasteiger partial charge < -0.3 is 19.3 Å². The Morgan fingerprint density at radius 1 is 1.06 bits per heavy atom. The van der Waals surface area contributed by atoms with Crippen LogP contribution >= 0.6 is 0 Å². The summed E-state index contributed by atoms with van der Waals surface area (Å²) in [6.07, 6.45) is 4.37. The number of pyridine rings is 1. The third kappa shape index (κ3) is 5.25. The lowest BCUT2D eigenvalue weighted by Crippen LogP contribution is -2.45. The smallest absolute Gasteiger partial charge is 0.407 e. The highest BCUT2D eigenvalue weighted by Gasteiger charge is 2.25. The molecule has 1 amide bonds. The maximum Gasteiger partial charge on any atom is 0.407 e. The SMILES string of the molecule is CC(C)(C)N(CCCCn1cnc2cnc3ccc(OCc4ccccc4)cc3c21)C(=O)O. The first-order valence-electron chi connectivity index (χ1n) is 11.2. The van der Waals surface area contributed by atoms with Gasteiger partial charge in [0, 0.05) is 24.0 Å². The van der Waals surface area contributed by atoms with E-state index < -0.39 is 11.6 Å². The molecule has 33 heavy (non-hydrogen) atoms. The number of carbonyl (C=O) groups is 1. The molecule has 4 aromatic rings. The summed E-state index contributed by atoms with van der Waals surface area (Å²) in [4.78, 5) is 22.1. The minimum Gasteiger partial charge on any atom is -0.489 e. The van der Waals surface area contributed by atoms with E-state index in [1.807, 2.05) is 75.6 Å². The van der Waals surface area contributed by atoms with E-state index >= 15 is 0 Å². The van der Waals surface area contributed by atoms with Gasteiger partial charge in [-0.25, -0.2) is 9.78 Å². The number of fused-ring (bicyclic) bond motifs is 3. The van der Waals surface area contributed by atoms with Crippen molar-refractivity contribution in [3.63, 3.8) is 0 Å². The van der Waals surface area contributed by atoms with Crippen LogP contribution in [0.25, 0.3) is 21.9 Å². The van der Waals surface area contributed by atoms with Crippen LogP contribution in [0.1, 0.15) is 39.2 Å². The van der Waals surface area contributed by atoms with Crippen LogP contribution < -0.4 is 4.74 Å². The Hall–Kier alpha value is -3.61. The minimum atomic E-state index is -0.879. The van der Waals surface area contributed by atoms with Crippen molar-refractivity contribution in [1.82, 2.24) is 19.4 Å². The number of nitrogens with zero attached hydrogens (tertiary/aromatic N) is 4. The van der Waals surface area contributed by atoms with Gasteiger partial charge in [-0.2, -0.15) is 0 Å². The monoisotopic (exact) mass is 446 g/mol. The van der Waals surface area contributed by atoms with Crippen LogP contribution in [-0.2, 0) is 13.2 Å². The first-order valence-corrected chi connectivity index (χ1v) is 11.2. The van der Waals surface area contributed by atoms with E-state index in [4.69, 9.17) is 4.74 Å². The van der Waals surface area contributed by atoms with E-state index in [9.17, 15) is 9.90 Å². The highest BCUT2D eigenvalue weighted by molar-refractivity contribution is 6.02. The molecule has 0 aliphatic heterocycles. The van der Waals surface area contributed by atoms with Crippen molar-refractivity contribution in [3.8, 4) is 5.75 Å². The fraction of sp³-hybridized carbons (Fsp3) is 0.346. The Morgan fingerprint density at radius 3 is 2.58 bits per heavy atom. The summed E-state index contributed by atoms with van der Waals surface area (Å²) in [7, 11) is 0. The molecular formula is C26H30N4O3. The summed E-state index contributed by atoms with van der Waals surface area (Å²) >= 11 is 0. The molecule has 0 atom stereocenters. The normalized spacial score (nSPS) is 11.7. The average molecular weight is 447 g/mol. The number of ether oxygens (including phenoxy) is 1. The van der Waals surface area contributed by atoms with Crippen LogP contribution in [0.5, 0.6) is 5.75 Å². The molecule has 2 aromatic carbocycles. The van der Waals surface area contributed by atoms with Gasteiger partial charge in [0.15, 0.2) is 0 Å². The van der Waals surface area contributed by atoms with Gasteiger partial charge in [0.1, 0.15) is 17.9 Å². The lowest BCUT2D eigenvalue weighted by molar-refractivity contribution is 0.0989. The van der Waals surface area contributed by atoms with Crippen LogP contribution in [-0.4, -0.2) is 42.7 Å². The standard InChI is InChI=1S/C26H30N4O3/c1-26(2,3)30(25(31)32)14-8-7-13-29-18-28-23-16-27-22-12-11-20(15-21(22)24(23)29)33-17-19-9-5-4-6-10-19/h4-6,9-12,15-16,18H,7-8,13-14,17H2,1-3H3,(H,31,32). The molecule has 1 N–H and O–H groups in total. The quantitative estimate of drug-likeness (QED) is 0.350. The number of hydrogen-bond donors (Lipinski definition) is 1. The highest BCUT2D eigenvalue weighted by Crippen LogP contribution is 2.27. The Balaban J connectivity index is 1.50. The zero-order chi connectivity index (χ0) is 23.4. The first kappa shape index (κ1) is 22.6. The lowest BCUT2D eigenvalue weighted by Gasteiger charge is -2.33. The summed E-state index contributed by atoms with van der Waals surface area (Å²) in [5, 5.41) is 10.5. The number of hydrogen-bond acceptors (Lipinski definition) is 4. The maximum absolute atomic E-state index is 11.6. The van der Waals surface area contributed by atoms with Crippen LogP contribution in [0.4, 0.5) is 4.79 Å². The number of aryl methyl sites for hydroxylation is 1. The predicted molar refractivity (Wildman–Crippen MR) is 130 cm³/mol. The van der Waals surface area contributed by atoms with E-state index in [2.05, 4.69) is 14.5 Å². The van der Waals surface area contributed by atoms with E-state index in [1.54, 1.807) is 6.20 Å². The fourth-order valence-electron chi connectivity index (χ4n) is 4.00. The van der Waals surface area contributed by atoms with Crippen LogP contribution in [0.15, 0.2) is 61.1 Å². The van der Waals surface area contributed by atoms with E-state index in [-0.39, 0.29) is 0 Å². The summed E-state index contributed by atoms with van der Waals surface area (Å²) in [6.45, 7) is 7.51. The molecule has 172 valence electrons. The van der Waals surface area contributed by atoms with Gasteiger partial charge in [-0.1, -0.05) is 30.3 Å². The Labute approximate surface area is 193 Å². The van der Waals surface area contributed by atoms with Gasteiger partial charge in [0.25, 0.3) is 0 Å². The second-order valence-corrected chi connectivity index (χ2v) is 9.20. The molecular weight excluding hydrogens is 416 g/mol. The molecule has 0 radical (unpaired) electrons. The highest BCUT2D eigenvalue weighted by atomic mass is 16.5. The van der Waals surface area contributed by atoms with E-state index in [1.165, 1.54) is 4.90 Å². The molecule has 0 aliphatic rings. The van der Waals surface area contributed by atoms with Crippen LogP contribution in [0.3, 0.4) is 0 Å². The molecule has 2 aromatic heterocycles. The topological polar surface area (TPSA) is 80.5 Å². The number of rotatable bonds is 8. The number of aromatic nitrogens is 3. The zero-order valence-electron chi connectivity index (χ0n) is 19.4. The summed E-state index contributed by atoms with van der Waals surface area (Å²) in [5.74, 6) is 0.788. The van der Waals surface area contributed by atoms with Crippen LogP contribution in [0.2, 0.25) is 0 Å². The van der Waals surface area contributed by atoms with E-state index in [0.717, 1.165) is 52.6 Å². The predicted octanol–water partition coefficient (Wildman–Crippen LogP) is 5.72. The van der Waals surface area contributed by atoms with Gasteiger partial charge in [0.2, 0.25) is 0 Å². The number of imidazole rings is 1. The van der Waals surface area contributed by atoms with Gasteiger partial charge in [-0.15, -0.1) is 0 Å². The number of carboxylic acid groups (broad SMARTS) is 1. The molecule has 0 fully saturated rings. The van der Waals surface area contributed by atoms with Gasteiger partial charge >= 0.3 is 6.09 Å². The Bertz CT molecular complexity index is 1250. The molecule has 0 aliphatic carbocycles. The van der Waals surface area contributed by atoms with Crippen molar-refractivity contribution in [1.29, 1.82) is 0 Å². The zero-order valence-corrected chi connectivity index (χ0v) is 19.4. The van der Waals surface area contributed by atoms with Crippen molar-refractivity contribution < 1.29 is 14.6 Å². The van der Waals surface area contributed by atoms with Gasteiger partial charge in [-0.05, 0) is 57.4 Å². The fourth-order valence-corrected chi connectivity index (χ4v) is 4.00. The number of unbranched alkanes of at least 4 members (excludes halogenated alkanes) is 1. The summed E-state index contributed by atoms with van der Waals surface area (Å²) in [5.41, 5.74) is 3.46. The molecule has 4 rings (SSSR count). The Kier molecular flexibility index (Phi) is 6.49. The lowest BCUT2D eigenvalue weighted by atomic mass is 10.1. The maximum atomic E-state index is 11.6. The minimum absolute atomic E-state index is 0.411. The van der Waals surface area contributed by atoms with Crippen molar-refractivity contribution in [3.05, 3.63) is 66.6 Å². The molecule has 0 spiro atoms. The molecule has 7 heteroatoms. The molecule has 2 heterocycles. The molecule has 7 nitrogen and oxygen atoms in total. The molecule has 0 unspecified atom stereocenters. The summed E-state index contributed by atoms with van der Waals surface area (Å²) in [6, 6.07) is 16.0. The third-order valence-corrected chi connectivity index (χ3v) is 5.73. The van der Waals surface area contributed by atoms with Gasteiger partial charge in [0.05, 0.1) is 23.6 Å². The van der Waals surface area contributed by atoms with E-state index in [0.29, 0.717) is 13.2 Å². The number of amides is 1. The Morgan fingerprint density at radius 2 is 1.85 bits per heavy atom. The second kappa shape index (κ2) is 9.48. The average Bonchev–Trinajstić information content (AvgIpc) is 3.20. The van der Waals surface area contributed by atoms with Gasteiger partial charge in [-0.3, -0.25) is 4.98 Å².